The number of nitrogens with zero attached hydrogens (tertiary/aromatic N) is 2. The Balaban J connectivity index is 1.65. The predicted octanol–water partition coefficient (Wildman–Crippen LogP) is 2.17. The van der Waals surface area contributed by atoms with Crippen molar-refractivity contribution in [1.29, 1.82) is 0 Å². The lowest BCUT2D eigenvalue weighted by Crippen LogP contribution is -2.42. The van der Waals surface area contributed by atoms with Gasteiger partial charge in [0.2, 0.25) is 0 Å². The van der Waals surface area contributed by atoms with Gasteiger partial charge in [-0.3, -0.25) is 9.88 Å². The summed E-state index contributed by atoms with van der Waals surface area (Å²) in [6.45, 7) is 1.88. The van der Waals surface area contributed by atoms with Gasteiger partial charge in [-0.25, -0.2) is 0 Å². The zero-order valence-electron chi connectivity index (χ0n) is 11.0. The maximum atomic E-state index is 5.71. The molecule has 2 fully saturated rings. The molecule has 2 N–H and O–H groups in total. The molecular weight excluding hydrogens is 222 g/mol. The lowest BCUT2D eigenvalue weighted by Gasteiger charge is -2.38. The van der Waals surface area contributed by atoms with Gasteiger partial charge in [-0.05, 0) is 56.7 Å². The molecule has 3 heteroatoms. The van der Waals surface area contributed by atoms with E-state index in [1.165, 1.54) is 37.8 Å². The van der Waals surface area contributed by atoms with Gasteiger partial charge in [-0.15, -0.1) is 0 Å². The molecule has 0 amide bonds. The molecule has 2 unspecified atom stereocenters. The topological polar surface area (TPSA) is 42.1 Å². The lowest BCUT2D eigenvalue weighted by atomic mass is 9.88. The summed E-state index contributed by atoms with van der Waals surface area (Å²) in [6.07, 6.45) is 8.56. The molecule has 2 bridgehead atoms. The summed E-state index contributed by atoms with van der Waals surface area (Å²) in [5, 5.41) is 0. The number of piperidine rings is 1. The van der Waals surface area contributed by atoms with Gasteiger partial charge in [0.15, 0.2) is 0 Å². The highest BCUT2D eigenvalue weighted by molar-refractivity contribution is 5.06. The molecule has 2 aliphatic rings. The van der Waals surface area contributed by atoms with Crippen molar-refractivity contribution in [2.75, 3.05) is 6.54 Å². The third-order valence-electron chi connectivity index (χ3n) is 4.63. The zero-order valence-corrected chi connectivity index (χ0v) is 11.0. The van der Waals surface area contributed by atoms with Gasteiger partial charge < -0.3 is 5.73 Å². The minimum absolute atomic E-state index is 0.780. The highest BCUT2D eigenvalue weighted by Crippen LogP contribution is 2.40. The number of hydrogen-bond donors (Lipinski definition) is 1. The van der Waals surface area contributed by atoms with Crippen LogP contribution in [0.4, 0.5) is 0 Å². The lowest BCUT2D eigenvalue weighted by molar-refractivity contribution is 0.0925. The second-order valence-corrected chi connectivity index (χ2v) is 5.79. The largest absolute Gasteiger partial charge is 0.330 e. The van der Waals surface area contributed by atoms with Gasteiger partial charge in [-0.2, -0.15) is 0 Å². The van der Waals surface area contributed by atoms with Crippen LogP contribution in [-0.2, 0) is 6.54 Å². The first-order valence-corrected chi connectivity index (χ1v) is 7.22. The molecule has 2 aliphatic heterocycles. The van der Waals surface area contributed by atoms with Gasteiger partial charge >= 0.3 is 0 Å². The van der Waals surface area contributed by atoms with Crippen LogP contribution in [0.1, 0.15) is 37.8 Å². The molecule has 0 aromatic carbocycles. The first-order valence-electron chi connectivity index (χ1n) is 7.22. The van der Waals surface area contributed by atoms with E-state index in [4.69, 9.17) is 5.73 Å². The van der Waals surface area contributed by atoms with Crippen molar-refractivity contribution < 1.29 is 0 Å². The Bertz CT molecular complexity index is 365. The molecule has 1 aromatic rings. The highest BCUT2D eigenvalue weighted by atomic mass is 15.2. The second kappa shape index (κ2) is 5.37. The molecule has 98 valence electrons. The summed E-state index contributed by atoms with van der Waals surface area (Å²) in [4.78, 5) is 7.15. The fraction of sp³-hybridized carbons (Fsp3) is 0.667. The van der Waals surface area contributed by atoms with Crippen LogP contribution >= 0.6 is 0 Å². The SMILES string of the molecule is NCCC1CC2CCC(C1)N2Cc1ccccn1. The second-order valence-electron chi connectivity index (χ2n) is 5.79. The van der Waals surface area contributed by atoms with Crippen LogP contribution < -0.4 is 5.73 Å². The average molecular weight is 245 g/mol. The first-order chi connectivity index (χ1) is 8.86. The van der Waals surface area contributed by atoms with Crippen LogP contribution in [0.25, 0.3) is 0 Å². The molecule has 0 aliphatic carbocycles. The third-order valence-corrected chi connectivity index (χ3v) is 4.63. The van der Waals surface area contributed by atoms with Crippen LogP contribution in [0, 0.1) is 5.92 Å². The minimum Gasteiger partial charge on any atom is -0.330 e. The van der Waals surface area contributed by atoms with Crippen molar-refractivity contribution >= 4 is 0 Å². The van der Waals surface area contributed by atoms with E-state index in [9.17, 15) is 0 Å². The summed E-state index contributed by atoms with van der Waals surface area (Å²) in [5.74, 6) is 0.868. The molecule has 18 heavy (non-hydrogen) atoms. The van der Waals surface area contributed by atoms with Gasteiger partial charge in [0.25, 0.3) is 0 Å². The molecule has 2 saturated heterocycles. The quantitative estimate of drug-likeness (QED) is 0.884. The monoisotopic (exact) mass is 245 g/mol. The van der Waals surface area contributed by atoms with E-state index in [0.717, 1.165) is 31.1 Å². The predicted molar refractivity (Wildman–Crippen MR) is 73.0 cm³/mol. The zero-order chi connectivity index (χ0) is 12.4. The summed E-state index contributed by atoms with van der Waals surface area (Å²) >= 11 is 0. The standard InChI is InChI=1S/C15H23N3/c16-7-6-12-9-14-4-5-15(10-12)18(14)11-13-3-1-2-8-17-13/h1-3,8,12,14-15H,4-7,9-11,16H2. The van der Waals surface area contributed by atoms with Crippen molar-refractivity contribution in [3.05, 3.63) is 30.1 Å². The first kappa shape index (κ1) is 12.1. The number of nitrogens with two attached hydrogens (primary N) is 1. The van der Waals surface area contributed by atoms with Crippen molar-refractivity contribution in [2.24, 2.45) is 11.7 Å². The Morgan fingerprint density at radius 1 is 1.22 bits per heavy atom. The minimum atomic E-state index is 0.780. The van der Waals surface area contributed by atoms with Crippen molar-refractivity contribution in [2.45, 2.75) is 50.7 Å². The van der Waals surface area contributed by atoms with E-state index in [-0.39, 0.29) is 0 Å². The average Bonchev–Trinajstić information content (AvgIpc) is 2.63. The van der Waals surface area contributed by atoms with Crippen LogP contribution in [0.5, 0.6) is 0 Å². The fourth-order valence-electron chi connectivity index (χ4n) is 3.80. The number of fused-ring (bicyclic) bond motifs is 2. The Morgan fingerprint density at radius 2 is 2.00 bits per heavy atom. The van der Waals surface area contributed by atoms with Crippen LogP contribution in [0.15, 0.2) is 24.4 Å². The number of rotatable bonds is 4. The normalized spacial score (nSPS) is 31.7. The maximum Gasteiger partial charge on any atom is 0.0544 e. The summed E-state index contributed by atoms with van der Waals surface area (Å²) in [7, 11) is 0. The molecule has 3 heterocycles. The Labute approximate surface area is 109 Å². The van der Waals surface area contributed by atoms with E-state index in [0.29, 0.717) is 0 Å². The smallest absolute Gasteiger partial charge is 0.0544 e. The summed E-state index contributed by atoms with van der Waals surface area (Å²) in [5.41, 5.74) is 6.92. The van der Waals surface area contributed by atoms with Crippen molar-refractivity contribution in [3.8, 4) is 0 Å². The van der Waals surface area contributed by atoms with Crippen LogP contribution in [0.3, 0.4) is 0 Å². The molecule has 0 spiro atoms. The van der Waals surface area contributed by atoms with Gasteiger partial charge in [0, 0.05) is 24.8 Å². The van der Waals surface area contributed by atoms with Gasteiger partial charge in [0.1, 0.15) is 0 Å². The van der Waals surface area contributed by atoms with Crippen LogP contribution in [0.2, 0.25) is 0 Å². The molecule has 3 nitrogen and oxygen atoms in total. The van der Waals surface area contributed by atoms with E-state index >= 15 is 0 Å². The number of hydrogen-bond acceptors (Lipinski definition) is 3. The Kier molecular flexibility index (Phi) is 3.62. The molecule has 2 atom stereocenters. The Morgan fingerprint density at radius 3 is 2.61 bits per heavy atom. The number of aromatic nitrogens is 1. The van der Waals surface area contributed by atoms with Crippen LogP contribution in [-0.4, -0.2) is 28.5 Å². The highest BCUT2D eigenvalue weighted by Gasteiger charge is 2.40. The Hall–Kier alpha value is -0.930. The van der Waals surface area contributed by atoms with E-state index in [1.807, 2.05) is 12.3 Å². The van der Waals surface area contributed by atoms with E-state index in [2.05, 4.69) is 22.0 Å². The fourth-order valence-corrected chi connectivity index (χ4v) is 3.80. The van der Waals surface area contributed by atoms with Crippen molar-refractivity contribution in [1.82, 2.24) is 9.88 Å². The van der Waals surface area contributed by atoms with Gasteiger partial charge in [0.05, 0.1) is 5.69 Å². The van der Waals surface area contributed by atoms with Crippen molar-refractivity contribution in [3.63, 3.8) is 0 Å². The summed E-state index contributed by atoms with van der Waals surface area (Å²) < 4.78 is 0. The van der Waals surface area contributed by atoms with E-state index in [1.54, 1.807) is 0 Å². The summed E-state index contributed by atoms with van der Waals surface area (Å²) in [6, 6.07) is 7.78. The third kappa shape index (κ3) is 2.43. The molecule has 1 aromatic heterocycles. The maximum absolute atomic E-state index is 5.71. The number of pyridine rings is 1. The molecule has 0 saturated carbocycles. The molecule has 3 rings (SSSR count). The van der Waals surface area contributed by atoms with E-state index < -0.39 is 0 Å². The molecule has 0 radical (unpaired) electrons. The van der Waals surface area contributed by atoms with Gasteiger partial charge in [-0.1, -0.05) is 6.07 Å². The molecular formula is C15H23N3.